The van der Waals surface area contributed by atoms with Crippen LogP contribution in [0.5, 0.6) is 5.75 Å². The third-order valence-corrected chi connectivity index (χ3v) is 1.77. The van der Waals surface area contributed by atoms with Gasteiger partial charge in [-0.1, -0.05) is 6.92 Å². The molecule has 0 saturated carbocycles. The molecule has 0 aliphatic carbocycles. The second-order valence-corrected chi connectivity index (χ2v) is 2.85. The average molecular weight is 180 g/mol. The number of anilines is 2. The molecule has 0 atom stereocenters. The van der Waals surface area contributed by atoms with Gasteiger partial charge in [0.05, 0.1) is 18.0 Å². The fraction of sp³-hybridized carbons (Fsp3) is 0.400. The molecule has 0 spiro atoms. The summed E-state index contributed by atoms with van der Waals surface area (Å²) in [6.07, 6.45) is 1.01. The standard InChI is InChI=1S/C10H16N2O/c1-3-6-13-8-4-5-9(11)10(7-8)12-2/h4-5,7,12H,3,6,11H2,1-2H3. The molecule has 13 heavy (non-hydrogen) atoms. The van der Waals surface area contributed by atoms with Crippen LogP contribution >= 0.6 is 0 Å². The van der Waals surface area contributed by atoms with E-state index in [-0.39, 0.29) is 0 Å². The largest absolute Gasteiger partial charge is 0.494 e. The van der Waals surface area contributed by atoms with Gasteiger partial charge in [0.2, 0.25) is 0 Å². The summed E-state index contributed by atoms with van der Waals surface area (Å²) in [7, 11) is 1.84. The van der Waals surface area contributed by atoms with E-state index < -0.39 is 0 Å². The van der Waals surface area contributed by atoms with E-state index in [0.29, 0.717) is 0 Å². The summed E-state index contributed by atoms with van der Waals surface area (Å²) in [5.41, 5.74) is 7.36. The number of ether oxygens (including phenoxy) is 1. The maximum Gasteiger partial charge on any atom is 0.121 e. The maximum atomic E-state index is 5.71. The monoisotopic (exact) mass is 180 g/mol. The third kappa shape index (κ3) is 2.54. The predicted molar refractivity (Wildman–Crippen MR) is 56.2 cm³/mol. The van der Waals surface area contributed by atoms with Crippen molar-refractivity contribution in [3.8, 4) is 5.75 Å². The Morgan fingerprint density at radius 2 is 2.23 bits per heavy atom. The van der Waals surface area contributed by atoms with Crippen molar-refractivity contribution in [1.82, 2.24) is 0 Å². The molecule has 0 aromatic heterocycles. The van der Waals surface area contributed by atoms with Crippen molar-refractivity contribution in [2.45, 2.75) is 13.3 Å². The summed E-state index contributed by atoms with van der Waals surface area (Å²) < 4.78 is 5.46. The maximum absolute atomic E-state index is 5.71. The molecule has 0 heterocycles. The first-order chi connectivity index (χ1) is 6.27. The van der Waals surface area contributed by atoms with E-state index in [4.69, 9.17) is 10.5 Å². The molecule has 1 rings (SSSR count). The van der Waals surface area contributed by atoms with Crippen LogP contribution in [-0.4, -0.2) is 13.7 Å². The molecule has 1 aromatic carbocycles. The van der Waals surface area contributed by atoms with E-state index in [1.54, 1.807) is 0 Å². The molecule has 1 aromatic rings. The fourth-order valence-electron chi connectivity index (χ4n) is 1.06. The molecule has 0 fully saturated rings. The number of hydrogen-bond acceptors (Lipinski definition) is 3. The molecule has 72 valence electrons. The van der Waals surface area contributed by atoms with Crippen LogP contribution in [-0.2, 0) is 0 Å². The minimum atomic E-state index is 0.742. The molecule has 0 unspecified atom stereocenters. The van der Waals surface area contributed by atoms with Crippen LogP contribution in [0.1, 0.15) is 13.3 Å². The highest BCUT2D eigenvalue weighted by Gasteiger charge is 1.98. The molecule has 0 aliphatic rings. The zero-order valence-corrected chi connectivity index (χ0v) is 8.13. The smallest absolute Gasteiger partial charge is 0.121 e. The van der Waals surface area contributed by atoms with Gasteiger partial charge in [-0.25, -0.2) is 0 Å². The van der Waals surface area contributed by atoms with E-state index in [0.717, 1.165) is 30.2 Å². The number of rotatable bonds is 4. The summed E-state index contributed by atoms with van der Waals surface area (Å²) in [6.45, 7) is 2.82. The van der Waals surface area contributed by atoms with Crippen molar-refractivity contribution in [3.05, 3.63) is 18.2 Å². The van der Waals surface area contributed by atoms with Gasteiger partial charge in [-0.15, -0.1) is 0 Å². The summed E-state index contributed by atoms with van der Waals surface area (Å²) >= 11 is 0. The molecule has 3 heteroatoms. The van der Waals surface area contributed by atoms with Gasteiger partial charge in [0.25, 0.3) is 0 Å². The highest BCUT2D eigenvalue weighted by Crippen LogP contribution is 2.23. The highest BCUT2D eigenvalue weighted by molar-refractivity contribution is 5.67. The summed E-state index contributed by atoms with van der Waals surface area (Å²) in [5, 5.41) is 3.01. The first-order valence-corrected chi connectivity index (χ1v) is 4.48. The first-order valence-electron chi connectivity index (χ1n) is 4.48. The van der Waals surface area contributed by atoms with Crippen LogP contribution in [0, 0.1) is 0 Å². The molecule has 0 radical (unpaired) electrons. The normalized spacial score (nSPS) is 9.69. The first kappa shape index (κ1) is 9.71. The van der Waals surface area contributed by atoms with Crippen LogP contribution in [0.25, 0.3) is 0 Å². The molecule has 3 N–H and O–H groups in total. The molecule has 0 amide bonds. The summed E-state index contributed by atoms with van der Waals surface area (Å²) in [4.78, 5) is 0. The average Bonchev–Trinajstić information content (AvgIpc) is 2.16. The molecule has 0 aliphatic heterocycles. The molecular weight excluding hydrogens is 164 g/mol. The van der Waals surface area contributed by atoms with Gasteiger partial charge in [0.15, 0.2) is 0 Å². The van der Waals surface area contributed by atoms with Crippen LogP contribution < -0.4 is 15.8 Å². The van der Waals surface area contributed by atoms with E-state index in [1.165, 1.54) is 0 Å². The van der Waals surface area contributed by atoms with Gasteiger partial charge in [0, 0.05) is 13.1 Å². The zero-order chi connectivity index (χ0) is 9.68. The van der Waals surface area contributed by atoms with E-state index in [1.807, 2.05) is 25.2 Å². The second-order valence-electron chi connectivity index (χ2n) is 2.85. The van der Waals surface area contributed by atoms with Crippen LogP contribution in [0.4, 0.5) is 11.4 Å². The van der Waals surface area contributed by atoms with E-state index in [9.17, 15) is 0 Å². The molecule has 0 saturated heterocycles. The Hall–Kier alpha value is -1.38. The van der Waals surface area contributed by atoms with Gasteiger partial charge in [-0.05, 0) is 18.6 Å². The van der Waals surface area contributed by atoms with Crippen molar-refractivity contribution in [3.63, 3.8) is 0 Å². The van der Waals surface area contributed by atoms with Gasteiger partial charge in [-0.3, -0.25) is 0 Å². The van der Waals surface area contributed by atoms with Gasteiger partial charge in [0.1, 0.15) is 5.75 Å². The molecule has 3 nitrogen and oxygen atoms in total. The highest BCUT2D eigenvalue weighted by atomic mass is 16.5. The zero-order valence-electron chi connectivity index (χ0n) is 8.13. The lowest BCUT2D eigenvalue weighted by molar-refractivity contribution is 0.317. The Balaban J connectivity index is 2.74. The lowest BCUT2D eigenvalue weighted by atomic mass is 10.2. The van der Waals surface area contributed by atoms with Gasteiger partial charge in [-0.2, -0.15) is 0 Å². The minimum Gasteiger partial charge on any atom is -0.494 e. The fourth-order valence-corrected chi connectivity index (χ4v) is 1.06. The Bertz CT molecular complexity index is 274. The topological polar surface area (TPSA) is 47.3 Å². The van der Waals surface area contributed by atoms with E-state index >= 15 is 0 Å². The SMILES string of the molecule is CCCOc1ccc(N)c(NC)c1. The van der Waals surface area contributed by atoms with Crippen LogP contribution in [0.15, 0.2) is 18.2 Å². The Morgan fingerprint density at radius 3 is 2.85 bits per heavy atom. The number of nitrogen functional groups attached to an aromatic ring is 1. The predicted octanol–water partition coefficient (Wildman–Crippen LogP) is 2.10. The van der Waals surface area contributed by atoms with Gasteiger partial charge >= 0.3 is 0 Å². The van der Waals surface area contributed by atoms with Gasteiger partial charge < -0.3 is 15.8 Å². The third-order valence-electron chi connectivity index (χ3n) is 1.77. The lowest BCUT2D eigenvalue weighted by Gasteiger charge is -2.08. The summed E-state index contributed by atoms with van der Waals surface area (Å²) in [6, 6.07) is 5.63. The number of benzene rings is 1. The minimum absolute atomic E-state index is 0.742. The number of nitrogens with one attached hydrogen (secondary N) is 1. The number of nitrogens with two attached hydrogens (primary N) is 1. The Labute approximate surface area is 78.9 Å². The molecule has 0 bridgehead atoms. The second kappa shape index (κ2) is 4.60. The molecular formula is C10H16N2O. The Kier molecular flexibility index (Phi) is 3.43. The van der Waals surface area contributed by atoms with Crippen molar-refractivity contribution in [1.29, 1.82) is 0 Å². The summed E-state index contributed by atoms with van der Waals surface area (Å²) in [5.74, 6) is 0.861. The van der Waals surface area contributed by atoms with Crippen molar-refractivity contribution in [2.24, 2.45) is 0 Å². The van der Waals surface area contributed by atoms with Crippen LogP contribution in [0.3, 0.4) is 0 Å². The van der Waals surface area contributed by atoms with Crippen LogP contribution in [0.2, 0.25) is 0 Å². The lowest BCUT2D eigenvalue weighted by Crippen LogP contribution is -1.99. The van der Waals surface area contributed by atoms with Crippen molar-refractivity contribution >= 4 is 11.4 Å². The Morgan fingerprint density at radius 1 is 1.46 bits per heavy atom. The quantitative estimate of drug-likeness (QED) is 0.697. The van der Waals surface area contributed by atoms with E-state index in [2.05, 4.69) is 12.2 Å². The van der Waals surface area contributed by atoms with Crippen molar-refractivity contribution in [2.75, 3.05) is 24.7 Å². The van der Waals surface area contributed by atoms with Crippen molar-refractivity contribution < 1.29 is 4.74 Å². The number of hydrogen-bond donors (Lipinski definition) is 2.